The number of carbonyl (C=O) groups excluding carboxylic acids is 1. The van der Waals surface area contributed by atoms with Gasteiger partial charge in [-0.15, -0.1) is 0 Å². The van der Waals surface area contributed by atoms with E-state index in [1.165, 1.54) is 0 Å². The van der Waals surface area contributed by atoms with E-state index in [2.05, 4.69) is 10.2 Å². The molecule has 1 N–H and O–H groups in total. The van der Waals surface area contributed by atoms with Crippen molar-refractivity contribution < 1.29 is 14.3 Å². The number of aromatic amines is 1. The van der Waals surface area contributed by atoms with Crippen LogP contribution in [-0.4, -0.2) is 59.5 Å². The number of nitrogens with one attached hydrogen (secondary N) is 1. The minimum absolute atomic E-state index is 0.157. The van der Waals surface area contributed by atoms with Crippen LogP contribution in [0.3, 0.4) is 0 Å². The van der Waals surface area contributed by atoms with Crippen LogP contribution in [-0.2, 0) is 20.7 Å². The van der Waals surface area contributed by atoms with Gasteiger partial charge in [-0.2, -0.15) is 5.10 Å². The van der Waals surface area contributed by atoms with E-state index in [0.29, 0.717) is 6.42 Å². The van der Waals surface area contributed by atoms with Crippen LogP contribution in [0, 0.1) is 0 Å². The summed E-state index contributed by atoms with van der Waals surface area (Å²) in [5, 5.41) is 6.75. The molecule has 1 aliphatic heterocycles. The van der Waals surface area contributed by atoms with Crippen molar-refractivity contribution in [1.29, 1.82) is 0 Å². The van der Waals surface area contributed by atoms with E-state index in [1.54, 1.807) is 14.2 Å². The normalized spacial score (nSPS) is 30.4. The Morgan fingerprint density at radius 3 is 3.04 bits per heavy atom. The van der Waals surface area contributed by atoms with Gasteiger partial charge in [0.05, 0.1) is 23.9 Å². The summed E-state index contributed by atoms with van der Waals surface area (Å²) in [6.07, 6.45) is 10.1. The summed E-state index contributed by atoms with van der Waals surface area (Å²) in [6.45, 7) is 0.805. The zero-order chi connectivity index (χ0) is 16.3. The first-order valence-corrected chi connectivity index (χ1v) is 8.53. The Morgan fingerprint density at radius 1 is 1.48 bits per heavy atom. The van der Waals surface area contributed by atoms with Crippen molar-refractivity contribution in [3.8, 4) is 0 Å². The molecule has 0 radical (unpaired) electrons. The van der Waals surface area contributed by atoms with E-state index in [1.807, 2.05) is 17.3 Å². The predicted octanol–water partition coefficient (Wildman–Crippen LogP) is 1.92. The molecule has 0 spiro atoms. The predicted molar refractivity (Wildman–Crippen MR) is 86.0 cm³/mol. The van der Waals surface area contributed by atoms with Gasteiger partial charge in [-0.1, -0.05) is 0 Å². The van der Waals surface area contributed by atoms with Crippen molar-refractivity contribution in [2.75, 3.05) is 20.8 Å². The second kappa shape index (κ2) is 7.01. The van der Waals surface area contributed by atoms with Gasteiger partial charge in [-0.25, -0.2) is 0 Å². The Balaban J connectivity index is 1.59. The fourth-order valence-corrected chi connectivity index (χ4v) is 4.18. The lowest BCUT2D eigenvalue weighted by Gasteiger charge is -2.43. The Bertz CT molecular complexity index is 519. The number of nitrogens with zero attached hydrogens (tertiary/aromatic N) is 2. The fourth-order valence-electron chi connectivity index (χ4n) is 4.18. The molecule has 0 bridgehead atoms. The molecule has 1 aromatic heterocycles. The van der Waals surface area contributed by atoms with E-state index < -0.39 is 0 Å². The van der Waals surface area contributed by atoms with Crippen molar-refractivity contribution in [2.24, 2.45) is 0 Å². The molecule has 1 aromatic rings. The minimum atomic E-state index is -0.157. The Kier molecular flexibility index (Phi) is 5.02. The van der Waals surface area contributed by atoms with Gasteiger partial charge in [-0.05, 0) is 44.1 Å². The van der Waals surface area contributed by atoms with Crippen LogP contribution >= 0.6 is 0 Å². The lowest BCUT2D eigenvalue weighted by atomic mass is 9.79. The third kappa shape index (κ3) is 3.28. The number of hydrogen-bond acceptors (Lipinski definition) is 4. The van der Waals surface area contributed by atoms with Gasteiger partial charge in [0.15, 0.2) is 0 Å². The van der Waals surface area contributed by atoms with E-state index >= 15 is 0 Å². The molecule has 1 saturated carbocycles. The van der Waals surface area contributed by atoms with Crippen molar-refractivity contribution in [3.05, 3.63) is 18.0 Å². The average molecular weight is 321 g/mol. The summed E-state index contributed by atoms with van der Waals surface area (Å²) < 4.78 is 11.4. The molecule has 0 unspecified atom stereocenters. The second-order valence-electron chi connectivity index (χ2n) is 6.71. The second-order valence-corrected chi connectivity index (χ2v) is 6.71. The van der Waals surface area contributed by atoms with Gasteiger partial charge >= 0.3 is 0 Å². The topological polar surface area (TPSA) is 67.5 Å². The van der Waals surface area contributed by atoms with Crippen LogP contribution in [0.2, 0.25) is 0 Å². The SMILES string of the molecule is CO[C@H]1CC[C@@]2(OC)CCN(C(=O)CCCc3cn[nH]c3)[C@H]2C1. The van der Waals surface area contributed by atoms with Crippen LogP contribution in [0.5, 0.6) is 0 Å². The summed E-state index contributed by atoms with van der Waals surface area (Å²) in [4.78, 5) is 14.7. The number of ether oxygens (including phenoxy) is 2. The van der Waals surface area contributed by atoms with Gasteiger partial charge in [-0.3, -0.25) is 9.89 Å². The van der Waals surface area contributed by atoms with E-state index in [-0.39, 0.29) is 23.7 Å². The molecule has 3 atom stereocenters. The van der Waals surface area contributed by atoms with Gasteiger partial charge in [0.2, 0.25) is 5.91 Å². The van der Waals surface area contributed by atoms with Crippen LogP contribution in [0.15, 0.2) is 12.4 Å². The van der Waals surface area contributed by atoms with Crippen LogP contribution < -0.4 is 0 Å². The van der Waals surface area contributed by atoms with Crippen molar-refractivity contribution in [1.82, 2.24) is 15.1 Å². The Labute approximate surface area is 137 Å². The molecule has 1 aliphatic carbocycles. The minimum Gasteiger partial charge on any atom is -0.381 e. The largest absolute Gasteiger partial charge is 0.381 e. The van der Waals surface area contributed by atoms with Crippen molar-refractivity contribution in [3.63, 3.8) is 0 Å². The number of methoxy groups -OCH3 is 2. The molecule has 23 heavy (non-hydrogen) atoms. The number of carbonyl (C=O) groups is 1. The maximum absolute atomic E-state index is 12.7. The maximum atomic E-state index is 12.7. The fraction of sp³-hybridized carbons (Fsp3) is 0.765. The summed E-state index contributed by atoms with van der Waals surface area (Å²) in [5.41, 5.74) is 0.998. The highest BCUT2D eigenvalue weighted by molar-refractivity contribution is 5.77. The van der Waals surface area contributed by atoms with Crippen molar-refractivity contribution >= 4 is 5.91 Å². The standard InChI is InChI=1S/C17H27N3O3/c1-22-14-6-7-17(23-2)8-9-20(15(17)10-14)16(21)5-3-4-13-11-18-19-12-13/h11-12,14-15H,3-10H2,1-2H3,(H,18,19)/t14-,15-,17+/m0/s1. The Hall–Kier alpha value is -1.40. The van der Waals surface area contributed by atoms with Crippen LogP contribution in [0.1, 0.15) is 44.1 Å². The molecule has 128 valence electrons. The number of likely N-dealkylation sites (tertiary alicyclic amines) is 1. The number of rotatable bonds is 6. The Morgan fingerprint density at radius 2 is 2.35 bits per heavy atom. The molecule has 6 heteroatoms. The smallest absolute Gasteiger partial charge is 0.222 e. The zero-order valence-corrected chi connectivity index (χ0v) is 14.1. The zero-order valence-electron chi connectivity index (χ0n) is 14.1. The highest BCUT2D eigenvalue weighted by Crippen LogP contribution is 2.43. The number of fused-ring (bicyclic) bond motifs is 1. The number of hydrogen-bond donors (Lipinski definition) is 1. The monoisotopic (exact) mass is 321 g/mol. The molecule has 6 nitrogen and oxygen atoms in total. The number of aryl methyl sites for hydroxylation is 1. The number of aromatic nitrogens is 2. The summed E-state index contributed by atoms with van der Waals surface area (Å²) >= 11 is 0. The number of H-pyrrole nitrogens is 1. The van der Waals surface area contributed by atoms with Gasteiger partial charge < -0.3 is 14.4 Å². The average Bonchev–Trinajstić information content (AvgIpc) is 3.21. The van der Waals surface area contributed by atoms with Gasteiger partial charge in [0.25, 0.3) is 0 Å². The molecule has 3 rings (SSSR count). The summed E-state index contributed by atoms with van der Waals surface area (Å²) in [7, 11) is 3.55. The van der Waals surface area contributed by atoms with Crippen LogP contribution in [0.4, 0.5) is 0 Å². The first kappa shape index (κ1) is 16.5. The highest BCUT2D eigenvalue weighted by Gasteiger charge is 2.52. The highest BCUT2D eigenvalue weighted by atomic mass is 16.5. The van der Waals surface area contributed by atoms with E-state index in [0.717, 1.165) is 50.6 Å². The molecular formula is C17H27N3O3. The lowest BCUT2D eigenvalue weighted by molar-refractivity contribution is -0.140. The van der Waals surface area contributed by atoms with Gasteiger partial charge in [0, 0.05) is 33.4 Å². The maximum Gasteiger partial charge on any atom is 0.222 e. The van der Waals surface area contributed by atoms with E-state index in [9.17, 15) is 4.79 Å². The molecule has 0 aromatic carbocycles. The summed E-state index contributed by atoms with van der Waals surface area (Å²) in [6, 6.07) is 0.160. The van der Waals surface area contributed by atoms with E-state index in [4.69, 9.17) is 9.47 Å². The third-order valence-corrected chi connectivity index (χ3v) is 5.61. The quantitative estimate of drug-likeness (QED) is 0.869. The van der Waals surface area contributed by atoms with Crippen LogP contribution in [0.25, 0.3) is 0 Å². The molecule has 2 fully saturated rings. The first-order valence-electron chi connectivity index (χ1n) is 8.53. The molecule has 1 amide bonds. The molecule has 2 aliphatic rings. The summed E-state index contributed by atoms with van der Waals surface area (Å²) in [5.74, 6) is 0.245. The third-order valence-electron chi connectivity index (χ3n) is 5.61. The molecule has 1 saturated heterocycles. The lowest BCUT2D eigenvalue weighted by Crippen LogP contribution is -2.53. The first-order chi connectivity index (χ1) is 11.2. The van der Waals surface area contributed by atoms with Crippen molar-refractivity contribution in [2.45, 2.75) is 62.7 Å². The molecular weight excluding hydrogens is 294 g/mol. The molecule has 2 heterocycles. The van der Waals surface area contributed by atoms with Gasteiger partial charge in [0.1, 0.15) is 0 Å². The number of amides is 1.